The van der Waals surface area contributed by atoms with Gasteiger partial charge in [0.05, 0.1) is 11.9 Å². The number of hydrogen-bond donors (Lipinski definition) is 2. The van der Waals surface area contributed by atoms with Gasteiger partial charge in [-0.3, -0.25) is 4.79 Å². The molecular weight excluding hydrogens is 310 g/mol. The van der Waals surface area contributed by atoms with Crippen LogP contribution in [0.3, 0.4) is 0 Å². The second-order valence-electron chi connectivity index (χ2n) is 5.79. The largest absolute Gasteiger partial charge is 0.396 e. The summed E-state index contributed by atoms with van der Waals surface area (Å²) in [4.78, 5) is 12.2. The quantitative estimate of drug-likeness (QED) is 0.837. The van der Waals surface area contributed by atoms with E-state index in [4.69, 9.17) is 5.11 Å². The predicted molar refractivity (Wildman–Crippen MR) is 78.3 cm³/mol. The second kappa shape index (κ2) is 5.63. The van der Waals surface area contributed by atoms with E-state index in [0.717, 1.165) is 0 Å². The van der Waals surface area contributed by atoms with Crippen molar-refractivity contribution in [2.24, 2.45) is 5.92 Å². The topological polar surface area (TPSA) is 67.2 Å². The lowest BCUT2D eigenvalue weighted by molar-refractivity contribution is 0.261. The highest BCUT2D eigenvalue weighted by Gasteiger charge is 2.24. The predicted octanol–water partition coefficient (Wildman–Crippen LogP) is 1.99. The Morgan fingerprint density at radius 2 is 2.26 bits per heavy atom. The van der Waals surface area contributed by atoms with Crippen molar-refractivity contribution in [2.75, 3.05) is 11.9 Å². The SMILES string of the molecule is CC(C)(CCO)Nc1cnn(CC2CC2)c(=O)c1Br. The van der Waals surface area contributed by atoms with Crippen LogP contribution in [0.15, 0.2) is 15.5 Å². The van der Waals surface area contributed by atoms with Crippen LogP contribution >= 0.6 is 15.9 Å². The van der Waals surface area contributed by atoms with Crippen LogP contribution in [-0.4, -0.2) is 27.0 Å². The zero-order valence-electron chi connectivity index (χ0n) is 11.3. The van der Waals surface area contributed by atoms with E-state index in [1.807, 2.05) is 13.8 Å². The van der Waals surface area contributed by atoms with E-state index in [2.05, 4.69) is 26.3 Å². The molecule has 0 bridgehead atoms. The average molecular weight is 330 g/mol. The molecule has 1 aromatic rings. The number of nitrogens with zero attached hydrogens (tertiary/aromatic N) is 2. The third kappa shape index (κ3) is 3.79. The minimum atomic E-state index is -0.284. The molecule has 6 heteroatoms. The van der Waals surface area contributed by atoms with Crippen LogP contribution in [0.5, 0.6) is 0 Å². The van der Waals surface area contributed by atoms with Crippen LogP contribution < -0.4 is 10.9 Å². The normalized spacial score (nSPS) is 15.6. The van der Waals surface area contributed by atoms with Gasteiger partial charge in [0.15, 0.2) is 0 Å². The van der Waals surface area contributed by atoms with E-state index >= 15 is 0 Å². The Labute approximate surface area is 121 Å². The molecule has 1 aliphatic carbocycles. The molecule has 0 radical (unpaired) electrons. The summed E-state index contributed by atoms with van der Waals surface area (Å²) in [6, 6.07) is 0. The Hall–Kier alpha value is -0.880. The van der Waals surface area contributed by atoms with Crippen LogP contribution in [0.25, 0.3) is 0 Å². The maximum Gasteiger partial charge on any atom is 0.283 e. The van der Waals surface area contributed by atoms with Gasteiger partial charge >= 0.3 is 0 Å². The minimum Gasteiger partial charge on any atom is -0.396 e. The van der Waals surface area contributed by atoms with Crippen molar-refractivity contribution in [3.8, 4) is 0 Å². The second-order valence-corrected chi connectivity index (χ2v) is 6.58. The van der Waals surface area contributed by atoms with Crippen LogP contribution in [0.4, 0.5) is 5.69 Å². The van der Waals surface area contributed by atoms with Crippen molar-refractivity contribution < 1.29 is 5.11 Å². The molecule has 0 spiro atoms. The maximum atomic E-state index is 12.2. The van der Waals surface area contributed by atoms with Crippen LogP contribution in [-0.2, 0) is 6.54 Å². The molecule has 0 unspecified atom stereocenters. The van der Waals surface area contributed by atoms with Gasteiger partial charge in [-0.05, 0) is 55.0 Å². The molecule has 5 nitrogen and oxygen atoms in total. The molecule has 1 heterocycles. The molecule has 2 N–H and O–H groups in total. The fourth-order valence-electron chi connectivity index (χ4n) is 1.93. The van der Waals surface area contributed by atoms with Gasteiger partial charge in [-0.2, -0.15) is 5.10 Å². The number of aliphatic hydroxyl groups excluding tert-OH is 1. The van der Waals surface area contributed by atoms with Crippen molar-refractivity contribution in [1.29, 1.82) is 0 Å². The van der Waals surface area contributed by atoms with Gasteiger partial charge in [-0.25, -0.2) is 4.68 Å². The monoisotopic (exact) mass is 329 g/mol. The summed E-state index contributed by atoms with van der Waals surface area (Å²) in [5.74, 6) is 0.613. The molecular formula is C13H20BrN3O2. The molecule has 0 aromatic carbocycles. The van der Waals surface area contributed by atoms with E-state index in [-0.39, 0.29) is 17.7 Å². The van der Waals surface area contributed by atoms with Crippen molar-refractivity contribution in [3.63, 3.8) is 0 Å². The lowest BCUT2D eigenvalue weighted by Gasteiger charge is -2.27. The fourth-order valence-corrected chi connectivity index (χ4v) is 2.34. The third-order valence-corrected chi connectivity index (χ3v) is 4.09. The summed E-state index contributed by atoms with van der Waals surface area (Å²) in [6.45, 7) is 4.76. The van der Waals surface area contributed by atoms with Crippen molar-refractivity contribution in [3.05, 3.63) is 21.0 Å². The van der Waals surface area contributed by atoms with E-state index in [0.29, 0.717) is 29.0 Å². The highest BCUT2D eigenvalue weighted by Crippen LogP contribution is 2.30. The van der Waals surface area contributed by atoms with E-state index < -0.39 is 0 Å². The van der Waals surface area contributed by atoms with E-state index in [9.17, 15) is 4.79 Å². The highest BCUT2D eigenvalue weighted by molar-refractivity contribution is 9.10. The van der Waals surface area contributed by atoms with E-state index in [1.54, 1.807) is 6.20 Å². The molecule has 1 aliphatic rings. The molecule has 0 saturated heterocycles. The van der Waals surface area contributed by atoms with Gasteiger partial charge in [0.2, 0.25) is 0 Å². The van der Waals surface area contributed by atoms with Crippen molar-refractivity contribution in [2.45, 2.75) is 45.2 Å². The first-order valence-electron chi connectivity index (χ1n) is 6.57. The first kappa shape index (κ1) is 14.5. The van der Waals surface area contributed by atoms with Gasteiger partial charge in [0.25, 0.3) is 5.56 Å². The molecule has 0 aliphatic heterocycles. The summed E-state index contributed by atoms with van der Waals surface area (Å²) in [5, 5.41) is 16.5. The molecule has 1 saturated carbocycles. The van der Waals surface area contributed by atoms with Gasteiger partial charge in [0.1, 0.15) is 4.47 Å². The number of aromatic nitrogens is 2. The maximum absolute atomic E-state index is 12.2. The van der Waals surface area contributed by atoms with Crippen LogP contribution in [0.1, 0.15) is 33.1 Å². The number of aliphatic hydroxyl groups is 1. The third-order valence-electron chi connectivity index (χ3n) is 3.32. The Bertz CT molecular complexity index is 509. The highest BCUT2D eigenvalue weighted by atomic mass is 79.9. The van der Waals surface area contributed by atoms with Gasteiger partial charge in [-0.15, -0.1) is 0 Å². The molecule has 1 fully saturated rings. The molecule has 106 valence electrons. The zero-order valence-corrected chi connectivity index (χ0v) is 12.9. The number of nitrogens with one attached hydrogen (secondary N) is 1. The molecule has 1 aromatic heterocycles. The first-order chi connectivity index (χ1) is 8.93. The Balaban J connectivity index is 2.18. The Morgan fingerprint density at radius 1 is 1.58 bits per heavy atom. The average Bonchev–Trinajstić information content (AvgIpc) is 3.12. The van der Waals surface area contributed by atoms with Gasteiger partial charge in [-0.1, -0.05) is 0 Å². The molecule has 19 heavy (non-hydrogen) atoms. The fraction of sp³-hybridized carbons (Fsp3) is 0.692. The summed E-state index contributed by atoms with van der Waals surface area (Å²) in [5.41, 5.74) is 0.292. The number of halogens is 1. The van der Waals surface area contributed by atoms with Crippen LogP contribution in [0, 0.1) is 5.92 Å². The summed E-state index contributed by atoms with van der Waals surface area (Å²) >= 11 is 3.35. The van der Waals surface area contributed by atoms with E-state index in [1.165, 1.54) is 17.5 Å². The number of rotatable bonds is 6. The molecule has 0 atom stereocenters. The van der Waals surface area contributed by atoms with Gasteiger partial charge in [0, 0.05) is 18.7 Å². The lowest BCUT2D eigenvalue weighted by Crippen LogP contribution is -2.34. The van der Waals surface area contributed by atoms with Crippen molar-refractivity contribution in [1.82, 2.24) is 9.78 Å². The lowest BCUT2D eigenvalue weighted by atomic mass is 10.0. The summed E-state index contributed by atoms with van der Waals surface area (Å²) in [6.07, 6.45) is 4.65. The smallest absolute Gasteiger partial charge is 0.283 e. The Morgan fingerprint density at radius 3 is 2.84 bits per heavy atom. The molecule has 2 rings (SSSR count). The number of anilines is 1. The number of hydrogen-bond acceptors (Lipinski definition) is 4. The zero-order chi connectivity index (χ0) is 14.0. The summed E-state index contributed by atoms with van der Waals surface area (Å²) in [7, 11) is 0. The van der Waals surface area contributed by atoms with Crippen LogP contribution in [0.2, 0.25) is 0 Å². The Kier molecular flexibility index (Phi) is 4.30. The summed E-state index contributed by atoms with van der Waals surface area (Å²) < 4.78 is 2.03. The van der Waals surface area contributed by atoms with Crippen molar-refractivity contribution >= 4 is 21.6 Å². The standard InChI is InChI=1S/C13H20BrN3O2/c1-13(2,5-6-18)16-10-7-15-17(8-9-3-4-9)12(19)11(10)14/h7,9,16,18H,3-6,8H2,1-2H3. The molecule has 0 amide bonds. The first-order valence-corrected chi connectivity index (χ1v) is 7.37. The minimum absolute atomic E-state index is 0.100. The van der Waals surface area contributed by atoms with Gasteiger partial charge < -0.3 is 10.4 Å².